The van der Waals surface area contributed by atoms with Gasteiger partial charge >= 0.3 is 6.09 Å². The molecule has 0 fully saturated rings. The Morgan fingerprint density at radius 1 is 1.12 bits per heavy atom. The standard InChI is InChI=1S/C21H23NO3S/c1-3-24-21(23)22(2)14-13-19(20-12-7-15-26-20)25-18-11-6-9-16-8-4-5-10-17(16)18/h4-12,15,19H,3,13-14H2,1-2H3. The quantitative estimate of drug-likeness (QED) is 0.552. The van der Waals surface area contributed by atoms with Crippen molar-refractivity contribution in [1.82, 2.24) is 4.90 Å². The first-order valence-electron chi connectivity index (χ1n) is 8.74. The van der Waals surface area contributed by atoms with Crippen molar-refractivity contribution in [2.24, 2.45) is 0 Å². The Hall–Kier alpha value is -2.53. The number of rotatable bonds is 7. The molecule has 0 N–H and O–H groups in total. The van der Waals surface area contributed by atoms with Gasteiger partial charge in [0.1, 0.15) is 11.9 Å². The maximum atomic E-state index is 11.8. The van der Waals surface area contributed by atoms with Crippen LogP contribution in [0.3, 0.4) is 0 Å². The van der Waals surface area contributed by atoms with Crippen LogP contribution >= 0.6 is 11.3 Å². The van der Waals surface area contributed by atoms with E-state index in [4.69, 9.17) is 9.47 Å². The molecule has 0 radical (unpaired) electrons. The van der Waals surface area contributed by atoms with Crippen molar-refractivity contribution < 1.29 is 14.3 Å². The van der Waals surface area contributed by atoms with Crippen LogP contribution in [0.15, 0.2) is 60.0 Å². The number of benzene rings is 2. The Bertz CT molecular complexity index is 842. The van der Waals surface area contributed by atoms with Crippen LogP contribution in [0.2, 0.25) is 0 Å². The van der Waals surface area contributed by atoms with Crippen molar-refractivity contribution >= 4 is 28.2 Å². The maximum absolute atomic E-state index is 11.8. The van der Waals surface area contributed by atoms with E-state index in [2.05, 4.69) is 24.3 Å². The lowest BCUT2D eigenvalue weighted by Crippen LogP contribution is -2.29. The Labute approximate surface area is 158 Å². The van der Waals surface area contributed by atoms with Gasteiger partial charge in [-0.15, -0.1) is 11.3 Å². The topological polar surface area (TPSA) is 38.8 Å². The molecule has 2 aromatic carbocycles. The van der Waals surface area contributed by atoms with Gasteiger partial charge in [0.25, 0.3) is 0 Å². The van der Waals surface area contributed by atoms with Gasteiger partial charge < -0.3 is 14.4 Å². The Kier molecular flexibility index (Phi) is 6.12. The fourth-order valence-electron chi connectivity index (χ4n) is 2.82. The summed E-state index contributed by atoms with van der Waals surface area (Å²) in [6.07, 6.45) is 0.277. The first-order valence-corrected chi connectivity index (χ1v) is 9.62. The molecule has 1 aromatic heterocycles. The minimum absolute atomic E-state index is 0.113. The molecular formula is C21H23NO3S. The number of carbonyl (C=O) groups is 1. The van der Waals surface area contributed by atoms with E-state index >= 15 is 0 Å². The number of ether oxygens (including phenoxy) is 2. The van der Waals surface area contributed by atoms with Crippen LogP contribution in [-0.4, -0.2) is 31.2 Å². The van der Waals surface area contributed by atoms with Crippen LogP contribution in [0.25, 0.3) is 10.8 Å². The molecule has 3 rings (SSSR count). The summed E-state index contributed by atoms with van der Waals surface area (Å²) in [5.74, 6) is 0.861. The van der Waals surface area contributed by atoms with Crippen molar-refractivity contribution in [3.05, 3.63) is 64.9 Å². The molecule has 0 aliphatic carbocycles. The third-order valence-corrected chi connectivity index (χ3v) is 5.15. The Morgan fingerprint density at radius 2 is 1.92 bits per heavy atom. The van der Waals surface area contributed by atoms with Gasteiger partial charge in [-0.3, -0.25) is 0 Å². The van der Waals surface area contributed by atoms with Crippen LogP contribution in [0.1, 0.15) is 24.3 Å². The molecule has 0 spiro atoms. The second-order valence-electron chi connectivity index (χ2n) is 6.01. The van der Waals surface area contributed by atoms with E-state index in [9.17, 15) is 4.79 Å². The summed E-state index contributed by atoms with van der Waals surface area (Å²) >= 11 is 1.67. The minimum Gasteiger partial charge on any atom is -0.484 e. The van der Waals surface area contributed by atoms with Crippen LogP contribution in [-0.2, 0) is 4.74 Å². The molecule has 136 valence electrons. The SMILES string of the molecule is CCOC(=O)N(C)CCC(Oc1cccc2ccccc12)c1cccs1. The summed E-state index contributed by atoms with van der Waals surface area (Å²) in [6, 6.07) is 18.4. The van der Waals surface area contributed by atoms with Gasteiger partial charge in [0.05, 0.1) is 6.61 Å². The zero-order valence-corrected chi connectivity index (χ0v) is 15.9. The number of amides is 1. The monoisotopic (exact) mass is 369 g/mol. The molecular weight excluding hydrogens is 346 g/mol. The van der Waals surface area contributed by atoms with Crippen molar-refractivity contribution in [2.75, 3.05) is 20.2 Å². The summed E-state index contributed by atoms with van der Waals surface area (Å²) < 4.78 is 11.4. The number of thiophene rings is 1. The predicted molar refractivity (Wildman–Crippen MR) is 106 cm³/mol. The average molecular weight is 369 g/mol. The zero-order chi connectivity index (χ0) is 18.4. The highest BCUT2D eigenvalue weighted by molar-refractivity contribution is 7.10. The molecule has 5 heteroatoms. The smallest absolute Gasteiger partial charge is 0.409 e. The van der Waals surface area contributed by atoms with Crippen LogP contribution in [0, 0.1) is 0 Å². The van der Waals surface area contributed by atoms with E-state index in [0.29, 0.717) is 19.6 Å². The summed E-state index contributed by atoms with van der Waals surface area (Å²) in [7, 11) is 1.75. The molecule has 0 aliphatic heterocycles. The second-order valence-corrected chi connectivity index (χ2v) is 6.99. The molecule has 1 heterocycles. The molecule has 26 heavy (non-hydrogen) atoms. The number of nitrogens with zero attached hydrogens (tertiary/aromatic N) is 1. The van der Waals surface area contributed by atoms with E-state index in [0.717, 1.165) is 21.4 Å². The normalized spacial score (nSPS) is 11.9. The van der Waals surface area contributed by atoms with Crippen molar-refractivity contribution in [2.45, 2.75) is 19.4 Å². The highest BCUT2D eigenvalue weighted by Crippen LogP contribution is 2.32. The van der Waals surface area contributed by atoms with Crippen molar-refractivity contribution in [1.29, 1.82) is 0 Å². The lowest BCUT2D eigenvalue weighted by Gasteiger charge is -2.22. The lowest BCUT2D eigenvalue weighted by molar-refractivity contribution is 0.108. The maximum Gasteiger partial charge on any atom is 0.409 e. The largest absolute Gasteiger partial charge is 0.484 e. The van der Waals surface area contributed by atoms with Gasteiger partial charge in [0.2, 0.25) is 0 Å². The molecule has 4 nitrogen and oxygen atoms in total. The first-order chi connectivity index (χ1) is 12.7. The molecule has 0 aliphatic rings. The van der Waals surface area contributed by atoms with Gasteiger partial charge in [-0.25, -0.2) is 4.79 Å². The van der Waals surface area contributed by atoms with Gasteiger partial charge in [-0.05, 0) is 29.8 Å². The summed E-state index contributed by atoms with van der Waals surface area (Å²) in [4.78, 5) is 14.6. The third-order valence-electron chi connectivity index (χ3n) is 4.19. The number of hydrogen-bond donors (Lipinski definition) is 0. The molecule has 0 saturated heterocycles. The van der Waals surface area contributed by atoms with Gasteiger partial charge in [-0.1, -0.05) is 42.5 Å². The van der Waals surface area contributed by atoms with Crippen molar-refractivity contribution in [3.63, 3.8) is 0 Å². The average Bonchev–Trinajstić information content (AvgIpc) is 3.19. The van der Waals surface area contributed by atoms with Crippen LogP contribution in [0.5, 0.6) is 5.75 Å². The number of hydrogen-bond acceptors (Lipinski definition) is 4. The molecule has 3 aromatic rings. The van der Waals surface area contributed by atoms with Gasteiger partial charge in [0.15, 0.2) is 0 Å². The fourth-order valence-corrected chi connectivity index (χ4v) is 3.61. The number of fused-ring (bicyclic) bond motifs is 1. The summed E-state index contributed by atoms with van der Waals surface area (Å²) in [5, 5.41) is 4.29. The lowest BCUT2D eigenvalue weighted by atomic mass is 10.1. The van der Waals surface area contributed by atoms with Crippen LogP contribution < -0.4 is 4.74 Å². The highest BCUT2D eigenvalue weighted by Gasteiger charge is 2.19. The molecule has 1 unspecified atom stereocenters. The number of carbonyl (C=O) groups excluding carboxylic acids is 1. The van der Waals surface area contributed by atoms with E-state index in [-0.39, 0.29) is 12.2 Å². The molecule has 0 saturated carbocycles. The third kappa shape index (κ3) is 4.35. The fraction of sp³-hybridized carbons (Fsp3) is 0.286. The van der Waals surface area contributed by atoms with Gasteiger partial charge in [-0.2, -0.15) is 0 Å². The highest BCUT2D eigenvalue weighted by atomic mass is 32.1. The first kappa shape index (κ1) is 18.3. The van der Waals surface area contributed by atoms with Crippen molar-refractivity contribution in [3.8, 4) is 5.75 Å². The molecule has 1 atom stereocenters. The van der Waals surface area contributed by atoms with Crippen LogP contribution in [0.4, 0.5) is 4.79 Å². The summed E-state index contributed by atoms with van der Waals surface area (Å²) in [6.45, 7) is 2.75. The zero-order valence-electron chi connectivity index (χ0n) is 15.1. The Balaban J connectivity index is 1.78. The van der Waals surface area contributed by atoms with E-state index in [1.165, 1.54) is 0 Å². The van der Waals surface area contributed by atoms with E-state index in [1.807, 2.05) is 42.6 Å². The minimum atomic E-state index is -0.303. The summed E-state index contributed by atoms with van der Waals surface area (Å²) in [5.41, 5.74) is 0. The molecule has 1 amide bonds. The molecule has 0 bridgehead atoms. The van der Waals surface area contributed by atoms with E-state index in [1.54, 1.807) is 23.3 Å². The Morgan fingerprint density at radius 3 is 2.69 bits per heavy atom. The second kappa shape index (κ2) is 8.72. The predicted octanol–water partition coefficient (Wildman–Crippen LogP) is 5.50. The van der Waals surface area contributed by atoms with Gasteiger partial charge in [0, 0.05) is 30.3 Å². The van der Waals surface area contributed by atoms with E-state index < -0.39 is 0 Å².